The fourth-order valence-electron chi connectivity index (χ4n) is 2.35. The van der Waals surface area contributed by atoms with Crippen molar-refractivity contribution in [2.45, 2.75) is 27.3 Å². The minimum Gasteiger partial charge on any atom is -0.438 e. The molecule has 0 amide bonds. The molecule has 0 saturated heterocycles. The summed E-state index contributed by atoms with van der Waals surface area (Å²) in [7, 11) is 0. The van der Waals surface area contributed by atoms with Crippen molar-refractivity contribution in [1.82, 2.24) is 4.98 Å². The molecule has 0 unspecified atom stereocenters. The second kappa shape index (κ2) is 5.00. The van der Waals surface area contributed by atoms with Crippen molar-refractivity contribution in [3.05, 3.63) is 59.0 Å². The fourth-order valence-corrected chi connectivity index (χ4v) is 2.35. The van der Waals surface area contributed by atoms with Crippen LogP contribution in [0, 0.1) is 20.8 Å². The molecule has 0 radical (unpaired) electrons. The predicted octanol–water partition coefficient (Wildman–Crippen LogP) is 4.37. The standard InChI is InChI=1S/C17H18N2O/c1-11-4-6-14(7-5-11)18-10-16-19-15-9-12(2)8-13(3)17(15)20-16/h4-9,18H,10H2,1-3H3. The molecule has 1 aromatic heterocycles. The number of hydrogen-bond acceptors (Lipinski definition) is 3. The van der Waals surface area contributed by atoms with E-state index in [9.17, 15) is 0 Å². The molecule has 3 aromatic rings. The Kier molecular flexibility index (Phi) is 3.18. The van der Waals surface area contributed by atoms with Crippen LogP contribution in [0.1, 0.15) is 22.6 Å². The number of rotatable bonds is 3. The molecule has 0 fully saturated rings. The number of fused-ring (bicyclic) bond motifs is 1. The van der Waals surface area contributed by atoms with Crippen molar-refractivity contribution in [3.8, 4) is 0 Å². The van der Waals surface area contributed by atoms with Gasteiger partial charge in [0.05, 0.1) is 6.54 Å². The molecule has 0 aliphatic carbocycles. The number of oxazole rings is 1. The summed E-state index contributed by atoms with van der Waals surface area (Å²) in [5, 5.41) is 3.33. The predicted molar refractivity (Wildman–Crippen MR) is 82.0 cm³/mol. The zero-order valence-corrected chi connectivity index (χ0v) is 12.0. The van der Waals surface area contributed by atoms with Gasteiger partial charge in [0.1, 0.15) is 5.52 Å². The lowest BCUT2D eigenvalue weighted by Crippen LogP contribution is -1.99. The summed E-state index contributed by atoms with van der Waals surface area (Å²) in [6.07, 6.45) is 0. The summed E-state index contributed by atoms with van der Waals surface area (Å²) in [5.74, 6) is 0.717. The summed E-state index contributed by atoms with van der Waals surface area (Å²) in [6, 6.07) is 12.5. The molecule has 3 nitrogen and oxygen atoms in total. The monoisotopic (exact) mass is 266 g/mol. The van der Waals surface area contributed by atoms with E-state index in [1.165, 1.54) is 11.1 Å². The Morgan fingerprint density at radius 3 is 2.50 bits per heavy atom. The maximum Gasteiger partial charge on any atom is 0.214 e. The van der Waals surface area contributed by atoms with Gasteiger partial charge in [-0.15, -0.1) is 0 Å². The number of nitrogens with one attached hydrogen (secondary N) is 1. The topological polar surface area (TPSA) is 38.1 Å². The Labute approximate surface area is 118 Å². The molecule has 0 atom stereocenters. The van der Waals surface area contributed by atoms with Gasteiger partial charge in [0.15, 0.2) is 5.58 Å². The highest BCUT2D eigenvalue weighted by Crippen LogP contribution is 2.22. The van der Waals surface area contributed by atoms with Gasteiger partial charge in [-0.1, -0.05) is 23.8 Å². The average Bonchev–Trinajstić information content (AvgIpc) is 2.81. The van der Waals surface area contributed by atoms with Gasteiger partial charge >= 0.3 is 0 Å². The van der Waals surface area contributed by atoms with E-state index >= 15 is 0 Å². The number of aromatic nitrogens is 1. The first-order chi connectivity index (χ1) is 9.61. The van der Waals surface area contributed by atoms with Gasteiger partial charge in [-0.2, -0.15) is 0 Å². The van der Waals surface area contributed by atoms with E-state index in [-0.39, 0.29) is 0 Å². The quantitative estimate of drug-likeness (QED) is 0.765. The molecule has 3 rings (SSSR count). The van der Waals surface area contributed by atoms with E-state index in [1.54, 1.807) is 0 Å². The second-order valence-electron chi connectivity index (χ2n) is 5.26. The van der Waals surface area contributed by atoms with Crippen LogP contribution >= 0.6 is 0 Å². The molecule has 0 bridgehead atoms. The van der Waals surface area contributed by atoms with Crippen LogP contribution in [0.4, 0.5) is 5.69 Å². The third-order valence-electron chi connectivity index (χ3n) is 3.36. The van der Waals surface area contributed by atoms with E-state index in [1.807, 2.05) is 0 Å². The first kappa shape index (κ1) is 12.7. The van der Waals surface area contributed by atoms with Gasteiger partial charge in [-0.25, -0.2) is 4.98 Å². The molecule has 0 spiro atoms. The van der Waals surface area contributed by atoms with Gasteiger partial charge in [0.25, 0.3) is 0 Å². The normalized spacial score (nSPS) is 10.9. The highest BCUT2D eigenvalue weighted by molar-refractivity contribution is 5.77. The highest BCUT2D eigenvalue weighted by Gasteiger charge is 2.08. The lowest BCUT2D eigenvalue weighted by atomic mass is 10.1. The second-order valence-corrected chi connectivity index (χ2v) is 5.26. The van der Waals surface area contributed by atoms with Crippen molar-refractivity contribution in [2.75, 3.05) is 5.32 Å². The van der Waals surface area contributed by atoms with E-state index in [4.69, 9.17) is 4.42 Å². The van der Waals surface area contributed by atoms with Crippen LogP contribution in [0.3, 0.4) is 0 Å². The van der Waals surface area contributed by atoms with Crippen LogP contribution in [-0.4, -0.2) is 4.98 Å². The maximum atomic E-state index is 5.83. The number of benzene rings is 2. The van der Waals surface area contributed by atoms with Crippen molar-refractivity contribution < 1.29 is 4.42 Å². The van der Waals surface area contributed by atoms with Crippen molar-refractivity contribution in [1.29, 1.82) is 0 Å². The van der Waals surface area contributed by atoms with Gasteiger partial charge in [0, 0.05) is 5.69 Å². The molecule has 20 heavy (non-hydrogen) atoms. The van der Waals surface area contributed by atoms with Crippen LogP contribution < -0.4 is 5.32 Å². The molecule has 1 N–H and O–H groups in total. The van der Waals surface area contributed by atoms with Crippen LogP contribution in [0.5, 0.6) is 0 Å². The summed E-state index contributed by atoms with van der Waals surface area (Å²) in [5.41, 5.74) is 6.49. The van der Waals surface area contributed by atoms with E-state index < -0.39 is 0 Å². The third kappa shape index (κ3) is 2.52. The first-order valence-corrected chi connectivity index (χ1v) is 6.79. The molecule has 0 aliphatic heterocycles. The summed E-state index contributed by atoms with van der Waals surface area (Å²) < 4.78 is 5.83. The first-order valence-electron chi connectivity index (χ1n) is 6.79. The highest BCUT2D eigenvalue weighted by atomic mass is 16.3. The summed E-state index contributed by atoms with van der Waals surface area (Å²) in [6.45, 7) is 6.80. The number of aryl methyl sites for hydroxylation is 3. The molecule has 102 valence electrons. The molecular formula is C17H18N2O. The lowest BCUT2D eigenvalue weighted by Gasteiger charge is -2.03. The van der Waals surface area contributed by atoms with Crippen LogP contribution in [0.15, 0.2) is 40.8 Å². The van der Waals surface area contributed by atoms with Crippen LogP contribution in [-0.2, 0) is 6.54 Å². The minimum absolute atomic E-state index is 0.593. The minimum atomic E-state index is 0.593. The molecule has 1 heterocycles. The van der Waals surface area contributed by atoms with Crippen LogP contribution in [0.2, 0.25) is 0 Å². The molecule has 3 heteroatoms. The Bertz CT molecular complexity index is 742. The SMILES string of the molecule is Cc1ccc(NCc2nc3cc(C)cc(C)c3o2)cc1. The Balaban J connectivity index is 1.81. The van der Waals surface area contributed by atoms with Crippen molar-refractivity contribution in [2.24, 2.45) is 0 Å². The largest absolute Gasteiger partial charge is 0.438 e. The summed E-state index contributed by atoms with van der Waals surface area (Å²) >= 11 is 0. The van der Waals surface area contributed by atoms with Crippen LogP contribution in [0.25, 0.3) is 11.1 Å². The van der Waals surface area contributed by atoms with E-state index in [0.29, 0.717) is 12.4 Å². The Hall–Kier alpha value is -2.29. The van der Waals surface area contributed by atoms with Crippen molar-refractivity contribution in [3.63, 3.8) is 0 Å². The van der Waals surface area contributed by atoms with Gasteiger partial charge in [-0.05, 0) is 50.1 Å². The number of nitrogens with zero attached hydrogens (tertiary/aromatic N) is 1. The third-order valence-corrected chi connectivity index (χ3v) is 3.36. The van der Waals surface area contributed by atoms with E-state index in [0.717, 1.165) is 22.4 Å². The van der Waals surface area contributed by atoms with Crippen molar-refractivity contribution >= 4 is 16.8 Å². The van der Waals surface area contributed by atoms with E-state index in [2.05, 4.69) is 67.5 Å². The fraction of sp³-hybridized carbons (Fsp3) is 0.235. The zero-order chi connectivity index (χ0) is 14.1. The molecule has 0 saturated carbocycles. The summed E-state index contributed by atoms with van der Waals surface area (Å²) in [4.78, 5) is 4.54. The average molecular weight is 266 g/mol. The Morgan fingerprint density at radius 1 is 1.00 bits per heavy atom. The van der Waals surface area contributed by atoms with Gasteiger partial charge < -0.3 is 9.73 Å². The smallest absolute Gasteiger partial charge is 0.214 e. The zero-order valence-electron chi connectivity index (χ0n) is 12.0. The molecule has 2 aromatic carbocycles. The number of anilines is 1. The Morgan fingerprint density at radius 2 is 1.75 bits per heavy atom. The number of hydrogen-bond donors (Lipinski definition) is 1. The van der Waals surface area contributed by atoms with Gasteiger partial charge in [0.2, 0.25) is 5.89 Å². The lowest BCUT2D eigenvalue weighted by molar-refractivity contribution is 0.539. The molecule has 0 aliphatic rings. The van der Waals surface area contributed by atoms with Gasteiger partial charge in [-0.3, -0.25) is 0 Å². The molecular weight excluding hydrogens is 248 g/mol. The maximum absolute atomic E-state index is 5.83.